The second-order valence-corrected chi connectivity index (χ2v) is 6.17. The average Bonchev–Trinajstić information content (AvgIpc) is 2.58. The Bertz CT molecular complexity index is 245. The summed E-state index contributed by atoms with van der Waals surface area (Å²) in [5.41, 5.74) is 5.74. The molecule has 0 heterocycles. The van der Waals surface area contributed by atoms with Crippen LogP contribution in [0.25, 0.3) is 0 Å². The van der Waals surface area contributed by atoms with E-state index in [0.29, 0.717) is 19.8 Å². The first kappa shape index (κ1) is 15.9. The third-order valence-corrected chi connectivity index (χ3v) is 4.38. The monoisotopic (exact) mass is 259 g/mol. The zero-order valence-corrected chi connectivity index (χ0v) is 12.1. The molecule has 1 rings (SSSR count). The Labute approximate surface area is 111 Å². The largest absolute Gasteiger partial charge is 0.392 e. The maximum Gasteiger partial charge on any atom is 0.0660 e. The van der Waals surface area contributed by atoms with E-state index < -0.39 is 0 Å². The number of aliphatic hydroxyl groups excluding tert-OH is 1. The SMILES string of the molecule is COCCCOCCC1(CN)CCC(C)(C)C1O. The fourth-order valence-corrected chi connectivity index (χ4v) is 2.93. The summed E-state index contributed by atoms with van der Waals surface area (Å²) < 4.78 is 10.6. The molecule has 0 aromatic carbocycles. The Morgan fingerprint density at radius 3 is 2.44 bits per heavy atom. The van der Waals surface area contributed by atoms with Gasteiger partial charge in [0.25, 0.3) is 0 Å². The zero-order chi connectivity index (χ0) is 13.6. The van der Waals surface area contributed by atoms with Crippen molar-refractivity contribution in [2.24, 2.45) is 16.6 Å². The van der Waals surface area contributed by atoms with Crippen LogP contribution in [0, 0.1) is 10.8 Å². The van der Waals surface area contributed by atoms with Gasteiger partial charge in [0, 0.05) is 38.9 Å². The van der Waals surface area contributed by atoms with Gasteiger partial charge in [-0.05, 0) is 31.1 Å². The summed E-state index contributed by atoms with van der Waals surface area (Å²) in [4.78, 5) is 0. The average molecular weight is 259 g/mol. The molecule has 0 bridgehead atoms. The van der Waals surface area contributed by atoms with Crippen molar-refractivity contribution in [3.05, 3.63) is 0 Å². The van der Waals surface area contributed by atoms with E-state index in [2.05, 4.69) is 13.8 Å². The lowest BCUT2D eigenvalue weighted by atomic mass is 9.76. The number of ether oxygens (including phenoxy) is 2. The fraction of sp³-hybridized carbons (Fsp3) is 1.00. The van der Waals surface area contributed by atoms with Gasteiger partial charge in [-0.1, -0.05) is 13.8 Å². The van der Waals surface area contributed by atoms with Crippen LogP contribution in [0.4, 0.5) is 0 Å². The molecule has 0 amide bonds. The van der Waals surface area contributed by atoms with Crippen LogP contribution in [-0.4, -0.2) is 44.7 Å². The van der Waals surface area contributed by atoms with Crippen LogP contribution < -0.4 is 5.73 Å². The molecule has 2 unspecified atom stereocenters. The number of rotatable bonds is 8. The molecule has 0 aliphatic heterocycles. The minimum atomic E-state index is -0.322. The number of hydrogen-bond donors (Lipinski definition) is 2. The molecule has 0 spiro atoms. The molecular formula is C14H29NO3. The molecule has 2 atom stereocenters. The number of nitrogens with two attached hydrogens (primary N) is 1. The van der Waals surface area contributed by atoms with Gasteiger partial charge in [0.2, 0.25) is 0 Å². The Morgan fingerprint density at radius 1 is 1.22 bits per heavy atom. The van der Waals surface area contributed by atoms with E-state index in [1.54, 1.807) is 7.11 Å². The topological polar surface area (TPSA) is 64.7 Å². The van der Waals surface area contributed by atoms with E-state index >= 15 is 0 Å². The van der Waals surface area contributed by atoms with Gasteiger partial charge in [-0.2, -0.15) is 0 Å². The smallest absolute Gasteiger partial charge is 0.0660 e. The molecule has 18 heavy (non-hydrogen) atoms. The van der Waals surface area contributed by atoms with Crippen LogP contribution in [0.2, 0.25) is 0 Å². The fourth-order valence-electron chi connectivity index (χ4n) is 2.93. The second-order valence-electron chi connectivity index (χ2n) is 6.17. The highest BCUT2D eigenvalue weighted by atomic mass is 16.5. The Balaban J connectivity index is 2.34. The number of aliphatic hydroxyl groups is 1. The van der Waals surface area contributed by atoms with Crippen LogP contribution in [0.15, 0.2) is 0 Å². The van der Waals surface area contributed by atoms with Gasteiger partial charge in [0.05, 0.1) is 6.10 Å². The van der Waals surface area contributed by atoms with Crippen LogP contribution in [0.1, 0.15) is 39.5 Å². The third-order valence-electron chi connectivity index (χ3n) is 4.38. The predicted molar refractivity (Wildman–Crippen MR) is 72.4 cm³/mol. The molecular weight excluding hydrogens is 230 g/mol. The molecule has 0 aromatic rings. The first-order chi connectivity index (χ1) is 8.48. The molecule has 108 valence electrons. The second kappa shape index (κ2) is 6.85. The lowest BCUT2D eigenvalue weighted by Gasteiger charge is -2.35. The van der Waals surface area contributed by atoms with Crippen LogP contribution >= 0.6 is 0 Å². The maximum atomic E-state index is 10.5. The van der Waals surface area contributed by atoms with Gasteiger partial charge < -0.3 is 20.3 Å². The first-order valence-electron chi connectivity index (χ1n) is 6.93. The standard InChI is InChI=1S/C14H29NO3/c1-13(2)5-6-14(11-15,12(13)16)7-10-18-9-4-8-17-3/h12,16H,4-11,15H2,1-3H3. The molecule has 4 nitrogen and oxygen atoms in total. The van der Waals surface area contributed by atoms with Crippen LogP contribution in [0.5, 0.6) is 0 Å². The molecule has 4 heteroatoms. The van der Waals surface area contributed by atoms with E-state index in [-0.39, 0.29) is 16.9 Å². The maximum absolute atomic E-state index is 10.5. The molecule has 1 fully saturated rings. The van der Waals surface area contributed by atoms with E-state index in [9.17, 15) is 5.11 Å². The first-order valence-corrected chi connectivity index (χ1v) is 6.93. The number of methoxy groups -OCH3 is 1. The van der Waals surface area contributed by atoms with Crippen molar-refractivity contribution < 1.29 is 14.6 Å². The van der Waals surface area contributed by atoms with Crippen LogP contribution in [0.3, 0.4) is 0 Å². The molecule has 1 saturated carbocycles. The summed E-state index contributed by atoms with van der Waals surface area (Å²) in [6, 6.07) is 0. The summed E-state index contributed by atoms with van der Waals surface area (Å²) in [6.07, 6.45) is 3.48. The highest BCUT2D eigenvalue weighted by molar-refractivity contribution is 5.01. The highest BCUT2D eigenvalue weighted by Gasteiger charge is 2.50. The van der Waals surface area contributed by atoms with Gasteiger partial charge >= 0.3 is 0 Å². The zero-order valence-electron chi connectivity index (χ0n) is 12.1. The van der Waals surface area contributed by atoms with Crippen molar-refractivity contribution in [3.8, 4) is 0 Å². The minimum Gasteiger partial charge on any atom is -0.392 e. The van der Waals surface area contributed by atoms with Crippen molar-refractivity contribution in [2.45, 2.75) is 45.6 Å². The van der Waals surface area contributed by atoms with E-state index in [0.717, 1.165) is 32.3 Å². The van der Waals surface area contributed by atoms with Gasteiger partial charge in [-0.25, -0.2) is 0 Å². The van der Waals surface area contributed by atoms with Crippen molar-refractivity contribution in [3.63, 3.8) is 0 Å². The van der Waals surface area contributed by atoms with Crippen molar-refractivity contribution in [1.82, 2.24) is 0 Å². The molecule has 0 aromatic heterocycles. The van der Waals surface area contributed by atoms with E-state index in [4.69, 9.17) is 15.2 Å². The lowest BCUT2D eigenvalue weighted by Crippen LogP contribution is -2.43. The van der Waals surface area contributed by atoms with Gasteiger partial charge in [0.15, 0.2) is 0 Å². The van der Waals surface area contributed by atoms with Crippen molar-refractivity contribution >= 4 is 0 Å². The number of hydrogen-bond acceptors (Lipinski definition) is 4. The third kappa shape index (κ3) is 3.67. The minimum absolute atomic E-state index is 0.0184. The summed E-state index contributed by atoms with van der Waals surface area (Å²) in [7, 11) is 1.69. The van der Waals surface area contributed by atoms with Crippen LogP contribution in [-0.2, 0) is 9.47 Å². The van der Waals surface area contributed by atoms with E-state index in [1.807, 2.05) is 0 Å². The van der Waals surface area contributed by atoms with Crippen molar-refractivity contribution in [1.29, 1.82) is 0 Å². The summed E-state index contributed by atoms with van der Waals surface area (Å²) >= 11 is 0. The highest BCUT2D eigenvalue weighted by Crippen LogP contribution is 2.50. The molecule has 1 aliphatic rings. The summed E-state index contributed by atoms with van der Waals surface area (Å²) in [5, 5.41) is 10.5. The normalized spacial score (nSPS) is 30.8. The Hall–Kier alpha value is -0.160. The van der Waals surface area contributed by atoms with Gasteiger partial charge in [-0.15, -0.1) is 0 Å². The van der Waals surface area contributed by atoms with E-state index in [1.165, 1.54) is 0 Å². The predicted octanol–water partition coefficient (Wildman–Crippen LogP) is 1.56. The van der Waals surface area contributed by atoms with Crippen molar-refractivity contribution in [2.75, 3.05) is 33.5 Å². The lowest BCUT2D eigenvalue weighted by molar-refractivity contribution is -0.0245. The molecule has 0 radical (unpaired) electrons. The Morgan fingerprint density at radius 2 is 1.94 bits per heavy atom. The Kier molecular flexibility index (Phi) is 6.05. The summed E-state index contributed by atoms with van der Waals surface area (Å²) in [5.74, 6) is 0. The quantitative estimate of drug-likeness (QED) is 0.649. The summed E-state index contributed by atoms with van der Waals surface area (Å²) in [6.45, 7) is 6.90. The molecule has 3 N–H and O–H groups in total. The van der Waals surface area contributed by atoms with Gasteiger partial charge in [0.1, 0.15) is 0 Å². The van der Waals surface area contributed by atoms with Gasteiger partial charge in [-0.3, -0.25) is 0 Å². The molecule has 0 saturated heterocycles. The molecule has 1 aliphatic carbocycles.